The largest absolute Gasteiger partial charge is 0.493 e. The van der Waals surface area contributed by atoms with Crippen LogP contribution in [0.15, 0.2) is 39.3 Å². The minimum absolute atomic E-state index is 0.510. The fourth-order valence-corrected chi connectivity index (χ4v) is 3.61. The standard InChI is InChI=1S/C16H13Br2ClO2/c17-12-5-10-3-4-21-16(10)11(6-12)8-15(20)9-1-2-14(19)13(18)7-9/h1-2,5-7,15,20H,3-4,8H2. The van der Waals surface area contributed by atoms with Crippen LogP contribution in [0.5, 0.6) is 5.75 Å². The van der Waals surface area contributed by atoms with Gasteiger partial charge < -0.3 is 9.84 Å². The van der Waals surface area contributed by atoms with Crippen LogP contribution < -0.4 is 4.74 Å². The van der Waals surface area contributed by atoms with Gasteiger partial charge in [-0.25, -0.2) is 0 Å². The van der Waals surface area contributed by atoms with Crippen LogP contribution in [-0.2, 0) is 12.8 Å². The van der Waals surface area contributed by atoms with Crippen LogP contribution in [0.4, 0.5) is 0 Å². The highest BCUT2D eigenvalue weighted by Gasteiger charge is 2.20. The summed E-state index contributed by atoms with van der Waals surface area (Å²) in [5.74, 6) is 0.922. The lowest BCUT2D eigenvalue weighted by molar-refractivity contribution is 0.177. The van der Waals surface area contributed by atoms with Gasteiger partial charge in [-0.15, -0.1) is 0 Å². The molecule has 2 aromatic rings. The molecule has 0 spiro atoms. The van der Waals surface area contributed by atoms with Crippen LogP contribution >= 0.6 is 43.5 Å². The first-order valence-corrected chi connectivity index (χ1v) is 8.58. The molecule has 0 bridgehead atoms. The Morgan fingerprint density at radius 1 is 1.24 bits per heavy atom. The van der Waals surface area contributed by atoms with Gasteiger partial charge in [0.15, 0.2) is 0 Å². The lowest BCUT2D eigenvalue weighted by Crippen LogP contribution is -2.03. The summed E-state index contributed by atoms with van der Waals surface area (Å²) in [6.45, 7) is 0.710. The highest BCUT2D eigenvalue weighted by molar-refractivity contribution is 9.10. The fourth-order valence-electron chi connectivity index (χ4n) is 2.54. The van der Waals surface area contributed by atoms with Crippen molar-refractivity contribution in [1.29, 1.82) is 0 Å². The molecule has 5 heteroatoms. The molecule has 0 radical (unpaired) electrons. The summed E-state index contributed by atoms with van der Waals surface area (Å²) in [6, 6.07) is 9.57. The number of hydrogen-bond donors (Lipinski definition) is 1. The minimum Gasteiger partial charge on any atom is -0.493 e. The molecule has 0 saturated carbocycles. The SMILES string of the molecule is OC(Cc1cc(Br)cc2c1OCC2)c1ccc(Cl)c(Br)c1. The molecule has 1 heterocycles. The number of aliphatic hydroxyl groups is 1. The highest BCUT2D eigenvalue weighted by Crippen LogP contribution is 2.36. The molecule has 1 aliphatic heterocycles. The summed E-state index contributed by atoms with van der Waals surface area (Å²) in [5.41, 5.74) is 3.05. The van der Waals surface area contributed by atoms with Crippen LogP contribution in [0, 0.1) is 0 Å². The van der Waals surface area contributed by atoms with E-state index in [9.17, 15) is 5.11 Å². The van der Waals surface area contributed by atoms with Gasteiger partial charge in [0.25, 0.3) is 0 Å². The van der Waals surface area contributed by atoms with Crippen LogP contribution in [-0.4, -0.2) is 11.7 Å². The van der Waals surface area contributed by atoms with Gasteiger partial charge in [0.2, 0.25) is 0 Å². The van der Waals surface area contributed by atoms with Crippen LogP contribution in [0.3, 0.4) is 0 Å². The van der Waals surface area contributed by atoms with E-state index in [2.05, 4.69) is 37.9 Å². The van der Waals surface area contributed by atoms with Gasteiger partial charge in [0.1, 0.15) is 5.75 Å². The van der Waals surface area contributed by atoms with E-state index >= 15 is 0 Å². The number of aliphatic hydroxyl groups excluding tert-OH is 1. The predicted molar refractivity (Wildman–Crippen MR) is 91.2 cm³/mol. The van der Waals surface area contributed by atoms with Crippen molar-refractivity contribution >= 4 is 43.5 Å². The van der Waals surface area contributed by atoms with E-state index in [4.69, 9.17) is 16.3 Å². The van der Waals surface area contributed by atoms with Crippen molar-refractivity contribution in [1.82, 2.24) is 0 Å². The van der Waals surface area contributed by atoms with E-state index in [1.807, 2.05) is 18.2 Å². The van der Waals surface area contributed by atoms with Crippen LogP contribution in [0.2, 0.25) is 5.02 Å². The van der Waals surface area contributed by atoms with Gasteiger partial charge in [-0.05, 0) is 56.9 Å². The quantitative estimate of drug-likeness (QED) is 0.733. The normalized spacial score (nSPS) is 14.7. The van der Waals surface area contributed by atoms with Crippen LogP contribution in [0.1, 0.15) is 22.8 Å². The third kappa shape index (κ3) is 3.29. The average Bonchev–Trinajstić information content (AvgIpc) is 2.90. The number of rotatable bonds is 3. The van der Waals surface area contributed by atoms with Crippen molar-refractivity contribution < 1.29 is 9.84 Å². The smallest absolute Gasteiger partial charge is 0.125 e. The maximum Gasteiger partial charge on any atom is 0.125 e. The van der Waals surface area contributed by atoms with Gasteiger partial charge in [-0.2, -0.15) is 0 Å². The minimum atomic E-state index is -0.596. The summed E-state index contributed by atoms with van der Waals surface area (Å²) in [6.07, 6.45) is 0.835. The van der Waals surface area contributed by atoms with Crippen molar-refractivity contribution in [3.8, 4) is 5.75 Å². The zero-order valence-electron chi connectivity index (χ0n) is 11.1. The van der Waals surface area contributed by atoms with Crippen molar-refractivity contribution in [3.63, 3.8) is 0 Å². The Morgan fingerprint density at radius 2 is 2.05 bits per heavy atom. The summed E-state index contributed by atoms with van der Waals surface area (Å²) in [4.78, 5) is 0. The first-order chi connectivity index (χ1) is 10.0. The van der Waals surface area contributed by atoms with E-state index in [0.29, 0.717) is 18.1 Å². The molecule has 2 nitrogen and oxygen atoms in total. The van der Waals surface area contributed by atoms with E-state index in [1.54, 1.807) is 6.07 Å². The highest BCUT2D eigenvalue weighted by atomic mass is 79.9. The van der Waals surface area contributed by atoms with E-state index in [-0.39, 0.29) is 0 Å². The first-order valence-electron chi connectivity index (χ1n) is 6.61. The molecule has 0 aliphatic carbocycles. The number of fused-ring (bicyclic) bond motifs is 1. The Kier molecular flexibility index (Phi) is 4.60. The fraction of sp³-hybridized carbons (Fsp3) is 0.250. The molecule has 0 fully saturated rings. The van der Waals surface area contributed by atoms with Gasteiger partial charge in [-0.3, -0.25) is 0 Å². The molecule has 1 atom stereocenters. The maximum atomic E-state index is 10.5. The molecular weight excluding hydrogens is 419 g/mol. The molecular formula is C16H13Br2ClO2. The maximum absolute atomic E-state index is 10.5. The lowest BCUT2D eigenvalue weighted by Gasteiger charge is -2.15. The van der Waals surface area contributed by atoms with E-state index in [0.717, 1.165) is 32.2 Å². The molecule has 2 aromatic carbocycles. The lowest BCUT2D eigenvalue weighted by atomic mass is 9.99. The second kappa shape index (κ2) is 6.29. The second-order valence-electron chi connectivity index (χ2n) is 5.05. The second-order valence-corrected chi connectivity index (χ2v) is 7.22. The average molecular weight is 433 g/mol. The third-order valence-corrected chi connectivity index (χ3v) is 5.24. The first kappa shape index (κ1) is 15.3. The zero-order chi connectivity index (χ0) is 15.0. The summed E-state index contributed by atoms with van der Waals surface area (Å²) >= 11 is 12.9. The molecule has 110 valence electrons. The van der Waals surface area contributed by atoms with Crippen molar-refractivity contribution in [2.24, 2.45) is 0 Å². The molecule has 0 amide bonds. The van der Waals surface area contributed by atoms with Crippen molar-refractivity contribution in [2.75, 3.05) is 6.61 Å². The molecule has 0 aromatic heterocycles. The summed E-state index contributed by atoms with van der Waals surface area (Å²) < 4.78 is 7.51. The summed E-state index contributed by atoms with van der Waals surface area (Å²) in [7, 11) is 0. The third-order valence-electron chi connectivity index (χ3n) is 3.57. The van der Waals surface area contributed by atoms with Gasteiger partial charge >= 0.3 is 0 Å². The molecule has 0 saturated heterocycles. The topological polar surface area (TPSA) is 29.5 Å². The number of hydrogen-bond acceptors (Lipinski definition) is 2. The Hall–Kier alpha value is -0.550. The zero-order valence-corrected chi connectivity index (χ0v) is 15.0. The Morgan fingerprint density at radius 3 is 2.81 bits per heavy atom. The van der Waals surface area contributed by atoms with Gasteiger partial charge in [-0.1, -0.05) is 33.6 Å². The molecule has 1 N–H and O–H groups in total. The Bertz CT molecular complexity index is 688. The van der Waals surface area contributed by atoms with E-state index < -0.39 is 6.10 Å². The van der Waals surface area contributed by atoms with Crippen LogP contribution in [0.25, 0.3) is 0 Å². The number of halogens is 3. The number of ether oxygens (including phenoxy) is 1. The Balaban J connectivity index is 1.88. The number of benzene rings is 2. The molecule has 3 rings (SSSR count). The van der Waals surface area contributed by atoms with Gasteiger partial charge in [0, 0.05) is 21.8 Å². The predicted octanol–water partition coefficient (Wildman–Crippen LogP) is 5.08. The molecule has 21 heavy (non-hydrogen) atoms. The molecule has 1 unspecified atom stereocenters. The summed E-state index contributed by atoms with van der Waals surface area (Å²) in [5, 5.41) is 11.1. The monoisotopic (exact) mass is 430 g/mol. The van der Waals surface area contributed by atoms with Gasteiger partial charge in [0.05, 0.1) is 17.7 Å². The Labute approximate surface area is 145 Å². The van der Waals surface area contributed by atoms with E-state index in [1.165, 1.54) is 5.56 Å². The molecule has 1 aliphatic rings. The van der Waals surface area contributed by atoms with Crippen molar-refractivity contribution in [2.45, 2.75) is 18.9 Å². The van der Waals surface area contributed by atoms with Crippen molar-refractivity contribution in [3.05, 3.63) is 61.0 Å².